The Morgan fingerprint density at radius 1 is 1.27 bits per heavy atom. The van der Waals surface area contributed by atoms with E-state index in [9.17, 15) is 19.3 Å². The molecule has 0 aliphatic rings. The summed E-state index contributed by atoms with van der Waals surface area (Å²) in [5.74, 6) is -0.631. The Bertz CT molecular complexity index is 718. The van der Waals surface area contributed by atoms with E-state index in [4.69, 9.17) is 16.3 Å². The average molecular weight is 324 g/mol. The van der Waals surface area contributed by atoms with E-state index >= 15 is 0 Å². The lowest BCUT2D eigenvalue weighted by Gasteiger charge is -2.14. The molecule has 0 radical (unpaired) electrons. The second-order valence-corrected chi connectivity index (χ2v) is 4.91. The highest BCUT2D eigenvalue weighted by Gasteiger charge is 2.19. The van der Waals surface area contributed by atoms with E-state index in [1.165, 1.54) is 43.3 Å². The molecule has 0 unspecified atom stereocenters. The zero-order valence-corrected chi connectivity index (χ0v) is 12.2. The number of hydrogen-bond donors (Lipinski definition) is 0. The number of carbonyl (C=O) groups excluding carboxylic acids is 1. The second kappa shape index (κ2) is 6.53. The quantitative estimate of drug-likeness (QED) is 0.473. The van der Waals surface area contributed by atoms with Gasteiger partial charge in [0.05, 0.1) is 9.95 Å². The van der Waals surface area contributed by atoms with Gasteiger partial charge >= 0.3 is 0 Å². The predicted molar refractivity (Wildman–Crippen MR) is 78.9 cm³/mol. The van der Waals surface area contributed by atoms with E-state index in [2.05, 4.69) is 0 Å². The summed E-state index contributed by atoms with van der Waals surface area (Å²) in [6.07, 6.45) is -0.871. The van der Waals surface area contributed by atoms with Gasteiger partial charge in [0.1, 0.15) is 11.6 Å². The molecular formula is C15H11ClFNO4. The normalized spacial score (nSPS) is 11.8. The fourth-order valence-electron chi connectivity index (χ4n) is 1.79. The summed E-state index contributed by atoms with van der Waals surface area (Å²) < 4.78 is 18.3. The molecule has 2 aromatic carbocycles. The molecule has 0 fully saturated rings. The summed E-state index contributed by atoms with van der Waals surface area (Å²) in [7, 11) is 0. The molecule has 5 nitrogen and oxygen atoms in total. The summed E-state index contributed by atoms with van der Waals surface area (Å²) in [6, 6.07) is 8.78. The van der Waals surface area contributed by atoms with Crippen LogP contribution in [0.3, 0.4) is 0 Å². The fraction of sp³-hybridized carbons (Fsp3) is 0.133. The van der Waals surface area contributed by atoms with E-state index < -0.39 is 16.8 Å². The molecule has 0 amide bonds. The summed E-state index contributed by atoms with van der Waals surface area (Å²) in [4.78, 5) is 22.2. The van der Waals surface area contributed by atoms with Gasteiger partial charge < -0.3 is 4.74 Å². The summed E-state index contributed by atoms with van der Waals surface area (Å²) in [5, 5.41) is 10.7. The minimum absolute atomic E-state index is 0.0351. The lowest BCUT2D eigenvalue weighted by molar-refractivity contribution is -0.384. The number of carbonyl (C=O) groups is 1. The predicted octanol–water partition coefficient (Wildman–Crippen LogP) is 4.04. The molecule has 1 atom stereocenters. The first-order valence-corrected chi connectivity index (χ1v) is 6.66. The molecule has 0 saturated heterocycles. The third-order valence-corrected chi connectivity index (χ3v) is 3.22. The lowest BCUT2D eigenvalue weighted by Crippen LogP contribution is -2.24. The van der Waals surface area contributed by atoms with Crippen LogP contribution in [0.5, 0.6) is 5.75 Å². The fourth-order valence-corrected chi connectivity index (χ4v) is 2.01. The molecule has 0 heterocycles. The number of rotatable bonds is 5. The van der Waals surface area contributed by atoms with Gasteiger partial charge in [0.2, 0.25) is 5.78 Å². The summed E-state index contributed by atoms with van der Waals surface area (Å²) >= 11 is 5.90. The van der Waals surface area contributed by atoms with Crippen molar-refractivity contribution in [2.45, 2.75) is 13.0 Å². The number of ketones is 1. The summed E-state index contributed by atoms with van der Waals surface area (Å²) in [6.45, 7) is 1.52. The van der Waals surface area contributed by atoms with Crippen molar-refractivity contribution in [3.63, 3.8) is 0 Å². The number of nitro groups is 1. The van der Waals surface area contributed by atoms with Crippen molar-refractivity contribution in [2.24, 2.45) is 0 Å². The SMILES string of the molecule is C[C@@H](Oc1ccc([N+](=O)[O-])cc1Cl)C(=O)c1ccc(F)cc1. The van der Waals surface area contributed by atoms with Crippen LogP contribution in [-0.4, -0.2) is 16.8 Å². The highest BCUT2D eigenvalue weighted by atomic mass is 35.5. The summed E-state index contributed by atoms with van der Waals surface area (Å²) in [5.41, 5.74) is 0.127. The molecule has 0 bridgehead atoms. The number of non-ortho nitro benzene ring substituents is 1. The van der Waals surface area contributed by atoms with E-state index in [0.29, 0.717) is 5.56 Å². The smallest absolute Gasteiger partial charge is 0.271 e. The van der Waals surface area contributed by atoms with E-state index in [-0.39, 0.29) is 22.2 Å². The first kappa shape index (κ1) is 15.9. The maximum atomic E-state index is 12.8. The van der Waals surface area contributed by atoms with Crippen molar-refractivity contribution >= 4 is 23.1 Å². The van der Waals surface area contributed by atoms with Crippen LogP contribution in [0.2, 0.25) is 5.02 Å². The molecule has 114 valence electrons. The molecule has 22 heavy (non-hydrogen) atoms. The zero-order valence-electron chi connectivity index (χ0n) is 11.5. The molecule has 2 aromatic rings. The van der Waals surface area contributed by atoms with Gasteiger partial charge in [0.25, 0.3) is 5.69 Å². The van der Waals surface area contributed by atoms with E-state index in [1.807, 2.05) is 0 Å². The first-order chi connectivity index (χ1) is 10.4. The zero-order chi connectivity index (χ0) is 16.3. The van der Waals surface area contributed by atoms with Crippen LogP contribution in [0, 0.1) is 15.9 Å². The van der Waals surface area contributed by atoms with Crippen molar-refractivity contribution in [3.8, 4) is 5.75 Å². The molecule has 0 saturated carbocycles. The van der Waals surface area contributed by atoms with Gasteiger partial charge in [-0.1, -0.05) is 11.6 Å². The van der Waals surface area contributed by atoms with Gasteiger partial charge in [-0.25, -0.2) is 4.39 Å². The maximum Gasteiger partial charge on any atom is 0.271 e. The number of hydrogen-bond acceptors (Lipinski definition) is 4. The van der Waals surface area contributed by atoms with Crippen LogP contribution < -0.4 is 4.74 Å². The Morgan fingerprint density at radius 2 is 1.91 bits per heavy atom. The molecule has 0 aliphatic carbocycles. The topological polar surface area (TPSA) is 69.4 Å². The first-order valence-electron chi connectivity index (χ1n) is 6.29. The number of nitrogens with zero attached hydrogens (tertiary/aromatic N) is 1. The average Bonchev–Trinajstić information content (AvgIpc) is 2.49. The second-order valence-electron chi connectivity index (χ2n) is 4.50. The van der Waals surface area contributed by atoms with Gasteiger partial charge in [-0.2, -0.15) is 0 Å². The van der Waals surface area contributed by atoms with Gasteiger partial charge in [0, 0.05) is 17.7 Å². The Labute approximate surface area is 130 Å². The van der Waals surface area contributed by atoms with Crippen molar-refractivity contribution < 1.29 is 18.8 Å². The highest BCUT2D eigenvalue weighted by molar-refractivity contribution is 6.32. The number of halogens is 2. The Morgan fingerprint density at radius 3 is 2.45 bits per heavy atom. The molecular weight excluding hydrogens is 313 g/mol. The largest absolute Gasteiger partial charge is 0.481 e. The van der Waals surface area contributed by atoms with Crippen molar-refractivity contribution in [2.75, 3.05) is 0 Å². The van der Waals surface area contributed by atoms with Crippen molar-refractivity contribution in [3.05, 3.63) is 69.0 Å². The number of Topliss-reactive ketones (excluding diaryl/α,β-unsaturated/α-hetero) is 1. The lowest BCUT2D eigenvalue weighted by atomic mass is 10.1. The van der Waals surface area contributed by atoms with Crippen molar-refractivity contribution in [1.82, 2.24) is 0 Å². The molecule has 7 heteroatoms. The Balaban J connectivity index is 2.14. The van der Waals surface area contributed by atoms with Gasteiger partial charge in [-0.3, -0.25) is 14.9 Å². The highest BCUT2D eigenvalue weighted by Crippen LogP contribution is 2.29. The van der Waals surface area contributed by atoms with Crippen LogP contribution in [-0.2, 0) is 0 Å². The van der Waals surface area contributed by atoms with Gasteiger partial charge in [0.15, 0.2) is 6.10 Å². The Hall–Kier alpha value is -2.47. The van der Waals surface area contributed by atoms with Gasteiger partial charge in [-0.15, -0.1) is 0 Å². The van der Waals surface area contributed by atoms with Crippen LogP contribution in [0.1, 0.15) is 17.3 Å². The molecule has 2 rings (SSSR count). The maximum absolute atomic E-state index is 12.8. The van der Waals surface area contributed by atoms with Crippen LogP contribution in [0.25, 0.3) is 0 Å². The standard InChI is InChI=1S/C15H11ClFNO4/c1-9(15(19)10-2-4-11(17)5-3-10)22-14-7-6-12(18(20)21)8-13(14)16/h2-9H,1H3/t9-/m1/s1. The third-order valence-electron chi connectivity index (χ3n) is 2.93. The third kappa shape index (κ3) is 3.59. The van der Waals surface area contributed by atoms with Crippen LogP contribution in [0.4, 0.5) is 10.1 Å². The number of benzene rings is 2. The Kier molecular flexibility index (Phi) is 4.72. The number of nitro benzene ring substituents is 1. The molecule has 0 spiro atoms. The van der Waals surface area contributed by atoms with Crippen LogP contribution >= 0.6 is 11.6 Å². The molecule has 0 aliphatic heterocycles. The molecule has 0 N–H and O–H groups in total. The van der Waals surface area contributed by atoms with Crippen LogP contribution in [0.15, 0.2) is 42.5 Å². The van der Waals surface area contributed by atoms with Gasteiger partial charge in [-0.05, 0) is 37.3 Å². The number of ether oxygens (including phenoxy) is 1. The monoisotopic (exact) mass is 323 g/mol. The molecule has 0 aromatic heterocycles. The van der Waals surface area contributed by atoms with Crippen molar-refractivity contribution in [1.29, 1.82) is 0 Å². The van der Waals surface area contributed by atoms with E-state index in [0.717, 1.165) is 6.07 Å². The minimum Gasteiger partial charge on any atom is -0.481 e. The van der Waals surface area contributed by atoms with E-state index in [1.54, 1.807) is 0 Å². The minimum atomic E-state index is -0.871.